The molecule has 1 unspecified atom stereocenters. The average Bonchev–Trinajstić information content (AvgIpc) is 2.95. The van der Waals surface area contributed by atoms with Gasteiger partial charge in [-0.1, -0.05) is 0 Å². The Labute approximate surface area is 142 Å². The SMILES string of the molecule is CC(CN(C)c1ncc2cn[nH]c2n1)N1CCOCC1.Cl.Cl. The van der Waals surface area contributed by atoms with Crippen molar-refractivity contribution in [2.45, 2.75) is 13.0 Å². The Kier molecular flexibility index (Phi) is 7.28. The summed E-state index contributed by atoms with van der Waals surface area (Å²) in [7, 11) is 2.02. The highest BCUT2D eigenvalue weighted by molar-refractivity contribution is 5.85. The quantitative estimate of drug-likeness (QED) is 0.899. The van der Waals surface area contributed by atoms with Crippen LogP contribution in [0.15, 0.2) is 12.4 Å². The van der Waals surface area contributed by atoms with Crippen LogP contribution in [-0.4, -0.2) is 71.0 Å². The topological polar surface area (TPSA) is 70.2 Å². The van der Waals surface area contributed by atoms with E-state index in [0.29, 0.717) is 6.04 Å². The Morgan fingerprint density at radius 2 is 2.05 bits per heavy atom. The van der Waals surface area contributed by atoms with Gasteiger partial charge >= 0.3 is 0 Å². The summed E-state index contributed by atoms with van der Waals surface area (Å²) in [5, 5.41) is 7.78. The number of H-pyrrole nitrogens is 1. The lowest BCUT2D eigenvalue weighted by atomic mass is 10.2. The second-order valence-corrected chi connectivity index (χ2v) is 5.22. The highest BCUT2D eigenvalue weighted by Gasteiger charge is 2.19. The number of morpholine rings is 1. The van der Waals surface area contributed by atoms with Gasteiger partial charge in [0, 0.05) is 38.9 Å². The van der Waals surface area contributed by atoms with Crippen LogP contribution in [0, 0.1) is 0 Å². The van der Waals surface area contributed by atoms with Crippen molar-refractivity contribution in [2.24, 2.45) is 0 Å². The molecule has 9 heteroatoms. The van der Waals surface area contributed by atoms with Gasteiger partial charge in [0.1, 0.15) is 0 Å². The average molecular weight is 349 g/mol. The molecule has 0 aromatic carbocycles. The first-order chi connectivity index (χ1) is 9.74. The van der Waals surface area contributed by atoms with Crippen molar-refractivity contribution in [3.05, 3.63) is 12.4 Å². The van der Waals surface area contributed by atoms with Crippen LogP contribution in [0.2, 0.25) is 0 Å². The molecule has 7 nitrogen and oxygen atoms in total. The summed E-state index contributed by atoms with van der Waals surface area (Å²) in [4.78, 5) is 13.4. The summed E-state index contributed by atoms with van der Waals surface area (Å²) in [6, 6.07) is 0.449. The molecule has 22 heavy (non-hydrogen) atoms. The first-order valence-corrected chi connectivity index (χ1v) is 6.93. The van der Waals surface area contributed by atoms with Gasteiger partial charge in [0.25, 0.3) is 0 Å². The molecule has 0 amide bonds. The lowest BCUT2D eigenvalue weighted by Gasteiger charge is -2.34. The minimum atomic E-state index is 0. The molecule has 124 valence electrons. The number of hydrogen-bond acceptors (Lipinski definition) is 6. The number of rotatable bonds is 4. The first kappa shape index (κ1) is 18.9. The van der Waals surface area contributed by atoms with Crippen LogP contribution >= 0.6 is 24.8 Å². The molecule has 3 rings (SSSR count). The Morgan fingerprint density at radius 1 is 1.32 bits per heavy atom. The van der Waals surface area contributed by atoms with Gasteiger partial charge in [-0.25, -0.2) is 4.98 Å². The minimum Gasteiger partial charge on any atom is -0.379 e. The standard InChI is InChI=1S/C13H20N6O.2ClH/c1-10(19-3-5-20-6-4-19)9-18(2)13-14-7-11-8-15-17-12(11)16-13;;/h7-8,10H,3-6,9H2,1-2H3,(H,14,15,16,17);2*1H. The van der Waals surface area contributed by atoms with Gasteiger partial charge < -0.3 is 9.64 Å². The van der Waals surface area contributed by atoms with E-state index in [0.717, 1.165) is 49.8 Å². The fraction of sp³-hybridized carbons (Fsp3) is 0.615. The number of nitrogens with one attached hydrogen (secondary N) is 1. The second-order valence-electron chi connectivity index (χ2n) is 5.22. The van der Waals surface area contributed by atoms with Gasteiger partial charge in [-0.3, -0.25) is 10.00 Å². The lowest BCUT2D eigenvalue weighted by molar-refractivity contribution is 0.0217. The molecule has 1 N–H and O–H groups in total. The van der Waals surface area contributed by atoms with Gasteiger partial charge in [-0.15, -0.1) is 24.8 Å². The molecule has 1 atom stereocenters. The number of anilines is 1. The molecule has 0 saturated carbocycles. The number of hydrogen-bond donors (Lipinski definition) is 1. The predicted molar refractivity (Wildman–Crippen MR) is 91.3 cm³/mol. The summed E-state index contributed by atoms with van der Waals surface area (Å²) in [5.74, 6) is 0.724. The van der Waals surface area contributed by atoms with Gasteiger partial charge in [0.05, 0.1) is 24.8 Å². The van der Waals surface area contributed by atoms with Crippen LogP contribution < -0.4 is 4.90 Å². The summed E-state index contributed by atoms with van der Waals surface area (Å²) in [5.41, 5.74) is 0.779. The van der Waals surface area contributed by atoms with Crippen LogP contribution in [0.1, 0.15) is 6.92 Å². The maximum Gasteiger partial charge on any atom is 0.227 e. The number of aromatic nitrogens is 4. The third kappa shape index (κ3) is 4.19. The van der Waals surface area contributed by atoms with Gasteiger partial charge in [-0.2, -0.15) is 10.1 Å². The molecule has 0 bridgehead atoms. The molecule has 1 aliphatic heterocycles. The molecule has 0 spiro atoms. The smallest absolute Gasteiger partial charge is 0.227 e. The van der Waals surface area contributed by atoms with Crippen LogP contribution in [0.5, 0.6) is 0 Å². The van der Waals surface area contributed by atoms with Crippen molar-refractivity contribution >= 4 is 41.8 Å². The van der Waals surface area contributed by atoms with Gasteiger partial charge in [-0.05, 0) is 6.92 Å². The van der Waals surface area contributed by atoms with Crippen LogP contribution in [0.3, 0.4) is 0 Å². The third-order valence-electron chi connectivity index (χ3n) is 3.73. The maximum atomic E-state index is 5.39. The highest BCUT2D eigenvalue weighted by Crippen LogP contribution is 2.13. The zero-order valence-corrected chi connectivity index (χ0v) is 14.4. The van der Waals surface area contributed by atoms with Crippen molar-refractivity contribution in [1.82, 2.24) is 25.1 Å². The van der Waals surface area contributed by atoms with Gasteiger partial charge in [0.2, 0.25) is 5.95 Å². The Balaban J connectivity index is 0.00000121. The van der Waals surface area contributed by atoms with E-state index in [1.54, 1.807) is 12.4 Å². The minimum absolute atomic E-state index is 0. The number of fused-ring (bicyclic) bond motifs is 1. The highest BCUT2D eigenvalue weighted by atomic mass is 35.5. The van der Waals surface area contributed by atoms with Gasteiger partial charge in [0.15, 0.2) is 5.65 Å². The van der Waals surface area contributed by atoms with Crippen LogP contribution in [-0.2, 0) is 4.74 Å². The normalized spacial score (nSPS) is 16.6. The molecule has 3 heterocycles. The van der Waals surface area contributed by atoms with E-state index in [1.165, 1.54) is 0 Å². The zero-order chi connectivity index (χ0) is 13.9. The van der Waals surface area contributed by atoms with Crippen LogP contribution in [0.4, 0.5) is 5.95 Å². The molecule has 1 saturated heterocycles. The summed E-state index contributed by atoms with van der Waals surface area (Å²) in [6.07, 6.45) is 3.53. The molecular formula is C13H22Cl2N6O. The fourth-order valence-corrected chi connectivity index (χ4v) is 2.52. The largest absolute Gasteiger partial charge is 0.379 e. The van der Waals surface area contributed by atoms with Crippen molar-refractivity contribution < 1.29 is 4.74 Å². The van der Waals surface area contributed by atoms with Crippen molar-refractivity contribution in [2.75, 3.05) is 44.8 Å². The molecule has 0 aliphatic carbocycles. The van der Waals surface area contributed by atoms with Crippen molar-refractivity contribution in [3.8, 4) is 0 Å². The van der Waals surface area contributed by atoms with E-state index in [2.05, 4.69) is 36.9 Å². The van der Waals surface area contributed by atoms with Crippen molar-refractivity contribution in [1.29, 1.82) is 0 Å². The van der Waals surface area contributed by atoms with E-state index >= 15 is 0 Å². The number of aromatic amines is 1. The van der Waals surface area contributed by atoms with E-state index in [9.17, 15) is 0 Å². The molecule has 2 aromatic heterocycles. The lowest BCUT2D eigenvalue weighted by Crippen LogP contribution is -2.47. The van der Waals surface area contributed by atoms with E-state index in [4.69, 9.17) is 4.74 Å². The van der Waals surface area contributed by atoms with E-state index in [1.807, 2.05) is 7.05 Å². The Morgan fingerprint density at radius 3 is 2.77 bits per heavy atom. The third-order valence-corrected chi connectivity index (χ3v) is 3.73. The number of likely N-dealkylation sites (N-methyl/N-ethyl adjacent to an activating group) is 1. The first-order valence-electron chi connectivity index (χ1n) is 6.93. The second kappa shape index (κ2) is 8.47. The molecule has 1 aliphatic rings. The number of halogens is 2. The monoisotopic (exact) mass is 348 g/mol. The molecule has 1 fully saturated rings. The molecule has 2 aromatic rings. The maximum absolute atomic E-state index is 5.39. The Hall–Kier alpha value is -1.15. The number of ether oxygens (including phenoxy) is 1. The van der Waals surface area contributed by atoms with E-state index < -0.39 is 0 Å². The summed E-state index contributed by atoms with van der Waals surface area (Å²) in [6.45, 7) is 6.76. The van der Waals surface area contributed by atoms with E-state index in [-0.39, 0.29) is 24.8 Å². The Bertz CT molecular complexity index is 574. The molecular weight excluding hydrogens is 327 g/mol. The van der Waals surface area contributed by atoms with Crippen molar-refractivity contribution in [3.63, 3.8) is 0 Å². The predicted octanol–water partition coefficient (Wildman–Crippen LogP) is 1.35. The zero-order valence-electron chi connectivity index (χ0n) is 12.7. The summed E-state index contributed by atoms with van der Waals surface area (Å²) < 4.78 is 5.39. The van der Waals surface area contributed by atoms with Crippen LogP contribution in [0.25, 0.3) is 11.0 Å². The summed E-state index contributed by atoms with van der Waals surface area (Å²) >= 11 is 0. The molecule has 0 radical (unpaired) electrons. The fourth-order valence-electron chi connectivity index (χ4n) is 2.52. The number of nitrogens with zero attached hydrogens (tertiary/aromatic N) is 5.